The minimum atomic E-state index is 0.0460. The number of hydrogen-bond acceptors (Lipinski definition) is 4. The Morgan fingerprint density at radius 3 is 2.76 bits per heavy atom. The lowest BCUT2D eigenvalue weighted by molar-refractivity contribution is -0.116. The van der Waals surface area contributed by atoms with Crippen molar-refractivity contribution < 1.29 is 4.79 Å². The molecule has 88 valence electrons. The van der Waals surface area contributed by atoms with Gasteiger partial charge >= 0.3 is 0 Å². The van der Waals surface area contributed by atoms with Crippen LogP contribution in [0.1, 0.15) is 6.92 Å². The minimum Gasteiger partial charge on any atom is -0.340 e. The Balaban J connectivity index is 2.04. The maximum Gasteiger partial charge on any atom is 0.261 e. The van der Waals surface area contributed by atoms with Crippen molar-refractivity contribution in [2.24, 2.45) is 0 Å². The van der Waals surface area contributed by atoms with Gasteiger partial charge in [0.25, 0.3) is 5.91 Å². The Bertz CT molecular complexity index is 527. The summed E-state index contributed by atoms with van der Waals surface area (Å²) in [6.07, 6.45) is 0. The molecular weight excluding hydrogens is 252 g/mol. The number of fused-ring (bicyclic) bond motifs is 1. The van der Waals surface area contributed by atoms with Crippen LogP contribution < -0.4 is 10.2 Å². The van der Waals surface area contributed by atoms with Crippen LogP contribution in [-0.2, 0) is 4.79 Å². The van der Waals surface area contributed by atoms with Gasteiger partial charge in [-0.15, -0.1) is 0 Å². The number of thioether (sulfide) groups is 2. The highest BCUT2D eigenvalue weighted by Gasteiger charge is 2.33. The summed E-state index contributed by atoms with van der Waals surface area (Å²) < 4.78 is 0. The van der Waals surface area contributed by atoms with E-state index in [0.717, 1.165) is 9.93 Å². The van der Waals surface area contributed by atoms with Crippen LogP contribution in [0.4, 0.5) is 5.69 Å². The van der Waals surface area contributed by atoms with Crippen molar-refractivity contribution in [3.63, 3.8) is 0 Å². The lowest BCUT2D eigenvalue weighted by Gasteiger charge is -2.14. The van der Waals surface area contributed by atoms with Crippen LogP contribution in [0, 0.1) is 0 Å². The van der Waals surface area contributed by atoms with E-state index in [4.69, 9.17) is 0 Å². The van der Waals surface area contributed by atoms with Gasteiger partial charge in [-0.3, -0.25) is 4.79 Å². The monoisotopic (exact) mass is 264 g/mol. The molecule has 1 saturated heterocycles. The van der Waals surface area contributed by atoms with E-state index in [0.29, 0.717) is 0 Å². The van der Waals surface area contributed by atoms with Gasteiger partial charge in [0.1, 0.15) is 4.91 Å². The topological polar surface area (TPSA) is 32.3 Å². The summed E-state index contributed by atoms with van der Waals surface area (Å²) in [5.74, 6) is 0.0460. The Morgan fingerprint density at radius 1 is 1.35 bits per heavy atom. The molecule has 17 heavy (non-hydrogen) atoms. The van der Waals surface area contributed by atoms with Crippen LogP contribution in [0.5, 0.6) is 0 Å². The highest BCUT2D eigenvalue weighted by atomic mass is 32.2. The fourth-order valence-electron chi connectivity index (χ4n) is 1.96. The molecule has 1 amide bonds. The molecular formula is C12H12N2OS2. The highest BCUT2D eigenvalue weighted by molar-refractivity contribution is 8.08. The van der Waals surface area contributed by atoms with Crippen LogP contribution in [0.3, 0.4) is 0 Å². The SMILES string of the molecule is CC1NC(=O)C(=C2Sc3ccccc3N2C)S1. The molecule has 2 aliphatic rings. The van der Waals surface area contributed by atoms with E-state index >= 15 is 0 Å². The number of benzene rings is 1. The molecule has 2 heterocycles. The minimum absolute atomic E-state index is 0.0460. The number of para-hydroxylation sites is 1. The van der Waals surface area contributed by atoms with E-state index in [-0.39, 0.29) is 11.3 Å². The summed E-state index contributed by atoms with van der Waals surface area (Å²) in [5, 5.41) is 4.13. The largest absolute Gasteiger partial charge is 0.340 e. The van der Waals surface area contributed by atoms with E-state index in [9.17, 15) is 4.79 Å². The number of nitrogens with one attached hydrogen (secondary N) is 1. The molecule has 0 aliphatic carbocycles. The Hall–Kier alpha value is -1.07. The zero-order valence-electron chi connectivity index (χ0n) is 9.56. The summed E-state index contributed by atoms with van der Waals surface area (Å²) in [5.41, 5.74) is 1.17. The quantitative estimate of drug-likeness (QED) is 0.730. The molecule has 0 saturated carbocycles. The van der Waals surface area contributed by atoms with E-state index in [1.54, 1.807) is 23.5 Å². The third kappa shape index (κ3) is 1.73. The molecule has 1 fully saturated rings. The maximum absolute atomic E-state index is 11.8. The maximum atomic E-state index is 11.8. The highest BCUT2D eigenvalue weighted by Crippen LogP contribution is 2.48. The first-order chi connectivity index (χ1) is 8.16. The molecule has 3 nitrogen and oxygen atoms in total. The second-order valence-corrected chi connectivity index (χ2v) is 6.38. The van der Waals surface area contributed by atoms with Crippen molar-refractivity contribution in [3.8, 4) is 0 Å². The molecule has 0 radical (unpaired) electrons. The van der Waals surface area contributed by atoms with Crippen molar-refractivity contribution in [2.45, 2.75) is 17.2 Å². The lowest BCUT2D eigenvalue weighted by Crippen LogP contribution is -2.22. The van der Waals surface area contributed by atoms with Crippen LogP contribution in [0.25, 0.3) is 0 Å². The van der Waals surface area contributed by atoms with Crippen LogP contribution in [0.15, 0.2) is 39.1 Å². The van der Waals surface area contributed by atoms with Crippen LogP contribution >= 0.6 is 23.5 Å². The van der Waals surface area contributed by atoms with Crippen molar-refractivity contribution in [1.82, 2.24) is 5.32 Å². The molecule has 1 N–H and O–H groups in total. The summed E-state index contributed by atoms with van der Waals surface area (Å²) in [7, 11) is 2.01. The number of amides is 1. The molecule has 1 atom stereocenters. The molecule has 0 spiro atoms. The molecule has 1 unspecified atom stereocenters. The smallest absolute Gasteiger partial charge is 0.261 e. The molecule has 1 aromatic carbocycles. The predicted octanol–water partition coefficient (Wildman–Crippen LogP) is 2.61. The first-order valence-corrected chi connectivity index (χ1v) is 7.09. The zero-order chi connectivity index (χ0) is 12.0. The van der Waals surface area contributed by atoms with Gasteiger partial charge in [0.2, 0.25) is 0 Å². The number of carbonyl (C=O) groups excluding carboxylic acids is 1. The number of nitrogens with zero attached hydrogens (tertiary/aromatic N) is 1. The van der Waals surface area contributed by atoms with Gasteiger partial charge in [0.05, 0.1) is 16.1 Å². The first-order valence-electron chi connectivity index (χ1n) is 5.39. The van der Waals surface area contributed by atoms with Crippen LogP contribution in [0.2, 0.25) is 0 Å². The van der Waals surface area contributed by atoms with E-state index in [2.05, 4.69) is 22.3 Å². The number of anilines is 1. The Labute approximate surface area is 109 Å². The average molecular weight is 264 g/mol. The Morgan fingerprint density at radius 2 is 2.12 bits per heavy atom. The van der Waals surface area contributed by atoms with Crippen molar-refractivity contribution in [3.05, 3.63) is 34.2 Å². The fourth-order valence-corrected chi connectivity index (χ4v) is 4.24. The lowest BCUT2D eigenvalue weighted by atomic mass is 10.3. The first kappa shape index (κ1) is 11.0. The molecule has 1 aromatic rings. The third-order valence-corrected chi connectivity index (χ3v) is 5.22. The average Bonchev–Trinajstić information content (AvgIpc) is 2.80. The summed E-state index contributed by atoms with van der Waals surface area (Å²) in [4.78, 5) is 16.0. The van der Waals surface area contributed by atoms with Crippen molar-refractivity contribution in [1.29, 1.82) is 0 Å². The summed E-state index contributed by atoms with van der Waals surface area (Å²) >= 11 is 3.27. The Kier molecular flexibility index (Phi) is 2.60. The fraction of sp³-hybridized carbons (Fsp3) is 0.250. The number of carbonyl (C=O) groups is 1. The van der Waals surface area contributed by atoms with E-state index < -0.39 is 0 Å². The second-order valence-electron chi connectivity index (χ2n) is 4.00. The van der Waals surface area contributed by atoms with E-state index in [1.165, 1.54) is 10.6 Å². The van der Waals surface area contributed by atoms with Gasteiger partial charge in [-0.25, -0.2) is 0 Å². The van der Waals surface area contributed by atoms with Gasteiger partial charge in [-0.05, 0) is 19.1 Å². The zero-order valence-corrected chi connectivity index (χ0v) is 11.2. The van der Waals surface area contributed by atoms with Gasteiger partial charge in [0.15, 0.2) is 0 Å². The van der Waals surface area contributed by atoms with Crippen LogP contribution in [-0.4, -0.2) is 18.3 Å². The third-order valence-electron chi connectivity index (χ3n) is 2.77. The van der Waals surface area contributed by atoms with Gasteiger partial charge in [-0.2, -0.15) is 0 Å². The standard InChI is InChI=1S/C12H12N2OS2/c1-7-13-11(15)10(16-7)12-14(2)8-5-3-4-6-9(8)17-12/h3-7H,1-2H3,(H,13,15). The predicted molar refractivity (Wildman–Crippen MR) is 72.9 cm³/mol. The van der Waals surface area contributed by atoms with Gasteiger partial charge in [-0.1, -0.05) is 35.7 Å². The second kappa shape index (κ2) is 3.99. The van der Waals surface area contributed by atoms with Crippen molar-refractivity contribution in [2.75, 3.05) is 11.9 Å². The van der Waals surface area contributed by atoms with Gasteiger partial charge in [0, 0.05) is 11.9 Å². The summed E-state index contributed by atoms with van der Waals surface area (Å²) in [6, 6.07) is 8.22. The molecule has 3 rings (SSSR count). The van der Waals surface area contributed by atoms with Gasteiger partial charge < -0.3 is 10.2 Å². The molecule has 0 aromatic heterocycles. The van der Waals surface area contributed by atoms with E-state index in [1.807, 2.05) is 26.1 Å². The number of hydrogen-bond donors (Lipinski definition) is 1. The number of rotatable bonds is 0. The van der Waals surface area contributed by atoms with Crippen molar-refractivity contribution >= 4 is 35.1 Å². The normalized spacial score (nSPS) is 27.3. The molecule has 0 bridgehead atoms. The summed E-state index contributed by atoms with van der Waals surface area (Å²) in [6.45, 7) is 2.00. The molecule has 2 aliphatic heterocycles. The molecule has 5 heteroatoms.